The van der Waals surface area contributed by atoms with Crippen LogP contribution in [0.5, 0.6) is 0 Å². The quantitative estimate of drug-likeness (QED) is 0.0146. The Morgan fingerprint density at radius 2 is 0.442 bits per heavy atom. The van der Waals surface area contributed by atoms with Gasteiger partial charge in [-0.2, -0.15) is 0 Å². The molecule has 0 rings (SSSR count). The molecule has 5 unspecified atom stereocenters. The van der Waals surface area contributed by atoms with Gasteiger partial charge in [0.1, 0.15) is 25.4 Å². The van der Waals surface area contributed by atoms with E-state index >= 15 is 0 Å². The molecule has 4 N–H and O–H groups in total. The largest absolute Gasteiger partial charge is 0.472 e. The van der Waals surface area contributed by atoms with Gasteiger partial charge >= 0.3 is 33.6 Å². The molecule has 0 radical (unpaired) electrons. The molecular weight excluding hydrogens is 1460 g/mol. The number of carbonyl (C=O) groups excluding carboxylic acids is 3. The van der Waals surface area contributed by atoms with Crippen LogP contribution in [0, 0.1) is 0 Å². The van der Waals surface area contributed by atoms with E-state index < -0.39 is 91.5 Å². The number of hydrogen-bond acceptors (Lipinski definition) is 14. The van der Waals surface area contributed by atoms with E-state index in [1.165, 1.54) is 109 Å². The van der Waals surface area contributed by atoms with Crippen molar-refractivity contribution in [1.29, 1.82) is 0 Å². The third-order valence-electron chi connectivity index (χ3n) is 18.1. The zero-order valence-corrected chi connectivity index (χ0v) is 72.5. The number of hydrogen-bond donors (Lipinski definition) is 4. The van der Waals surface area contributed by atoms with Crippen LogP contribution in [0.1, 0.15) is 342 Å². The highest BCUT2D eigenvalue weighted by atomic mass is 31.2. The molecule has 0 bridgehead atoms. The van der Waals surface area contributed by atoms with Gasteiger partial charge in [-0.1, -0.05) is 351 Å². The van der Waals surface area contributed by atoms with Crippen molar-refractivity contribution in [2.75, 3.05) is 39.6 Å². The summed E-state index contributed by atoms with van der Waals surface area (Å²) in [4.78, 5) is 58.9. The summed E-state index contributed by atoms with van der Waals surface area (Å²) >= 11 is 0. The SMILES string of the molecule is CC/C=C\C/C=C\C/C=C\C/C=C\C/C=C\C/C=C\CCCCCCCCCCCCCCCCCCC(=O)OCC(O)COP(=O)(O)OCC(O)COP(=O)(O)OCC(COC(=O)CCCCCCCCCCC/C=C\C/C=C\C/C=C\C/C=C\C/C=C\CC)OC(=O)CCCCCC/C=C\C/C=C\C/C=C\C/C=C\CC. The summed E-state index contributed by atoms with van der Waals surface area (Å²) < 4.78 is 61.3. The van der Waals surface area contributed by atoms with Crippen LogP contribution in [0.3, 0.4) is 0 Å². The first-order valence-electron chi connectivity index (χ1n) is 44.1. The monoisotopic (exact) mass is 1620 g/mol. The van der Waals surface area contributed by atoms with Crippen LogP contribution in [0.2, 0.25) is 0 Å². The van der Waals surface area contributed by atoms with Crippen molar-refractivity contribution in [3.63, 3.8) is 0 Å². The second-order valence-electron chi connectivity index (χ2n) is 28.9. The Bertz CT molecular complexity index is 2780. The molecule has 16 nitrogen and oxygen atoms in total. The Kier molecular flexibility index (Phi) is 81.9. The fraction of sp³-hybridized carbons (Fsp3) is 0.653. The molecule has 0 aromatic carbocycles. The summed E-state index contributed by atoms with van der Waals surface area (Å²) in [6.45, 7) is 2.32. The van der Waals surface area contributed by atoms with Gasteiger partial charge in [0.25, 0.3) is 0 Å². The van der Waals surface area contributed by atoms with Gasteiger partial charge in [-0.05, 0) is 154 Å². The van der Waals surface area contributed by atoms with Crippen LogP contribution in [0.4, 0.5) is 0 Å². The lowest BCUT2D eigenvalue weighted by atomic mass is 10.0. The summed E-state index contributed by atoms with van der Waals surface area (Å²) in [6, 6.07) is 0. The van der Waals surface area contributed by atoms with E-state index in [2.05, 4.69) is 203 Å². The lowest BCUT2D eigenvalue weighted by Crippen LogP contribution is -2.30. The number of aliphatic hydroxyl groups excluding tert-OH is 2. The van der Waals surface area contributed by atoms with Crippen LogP contribution in [-0.4, -0.2) is 95.9 Å². The lowest BCUT2D eigenvalue weighted by molar-refractivity contribution is -0.161. The van der Waals surface area contributed by atoms with Crippen molar-refractivity contribution in [2.24, 2.45) is 0 Å². The normalized spacial score (nSPS) is 14.7. The lowest BCUT2D eigenvalue weighted by Gasteiger charge is -2.21. The highest BCUT2D eigenvalue weighted by Crippen LogP contribution is 2.45. The van der Waals surface area contributed by atoms with Gasteiger partial charge in [0.2, 0.25) is 0 Å². The van der Waals surface area contributed by atoms with Crippen molar-refractivity contribution in [3.8, 4) is 0 Å². The summed E-state index contributed by atoms with van der Waals surface area (Å²) in [5.74, 6) is -1.61. The second-order valence-corrected chi connectivity index (χ2v) is 31.8. The van der Waals surface area contributed by atoms with Gasteiger partial charge in [-0.25, -0.2) is 9.13 Å². The summed E-state index contributed by atoms with van der Waals surface area (Å²) in [5, 5.41) is 20.7. The molecule has 0 aliphatic rings. The molecule has 5 atom stereocenters. The van der Waals surface area contributed by atoms with Crippen LogP contribution in [0.25, 0.3) is 0 Å². The van der Waals surface area contributed by atoms with Gasteiger partial charge in [0.15, 0.2) is 6.10 Å². The molecule has 0 heterocycles. The highest BCUT2D eigenvalue weighted by Gasteiger charge is 2.29. The maximum absolute atomic E-state index is 13.0. The molecule has 0 spiro atoms. The standard InChI is InChI=1S/C95H158O16P2/c1-4-7-10-13-16-19-22-25-28-31-33-35-37-39-40-41-42-43-44-45-46-47-48-50-52-53-55-58-60-63-66-69-72-75-78-81-93(98)105-84-90(96)85-107-112(101,102)108-86-91(97)87-109-113(103,104)110-89-92(111-95(100)83-80-77-74-71-68-65-62-57-30-27-24-21-18-15-12-9-6-3)88-106-94(99)82-79-76-73-70-67-64-61-59-56-54-51-49-38-36-34-32-29-26-23-20-17-14-11-8-5-2/h7-12,16-21,25-30,33-36,39-40,42-43,49,51,62,65,90-92,96-97H,4-6,13-15,22-24,31-32,37-38,41,44-48,50,52-61,63-64,66-89H2,1-3H3,(H,101,102)(H,103,104)/b10-7-,11-8-,12-9-,19-16-,20-17-,21-18-,28-25-,29-26-,30-27-,35-33-,36-34-,40-39-,43-42-,51-49-,65-62-. The van der Waals surface area contributed by atoms with Crippen LogP contribution in [0.15, 0.2) is 182 Å². The number of allylic oxidation sites excluding steroid dienone is 30. The van der Waals surface area contributed by atoms with Gasteiger partial charge in [0.05, 0.1) is 26.4 Å². The number of aliphatic hydroxyl groups is 2. The van der Waals surface area contributed by atoms with Crippen molar-refractivity contribution in [3.05, 3.63) is 182 Å². The molecule has 0 saturated carbocycles. The number of phosphoric ester groups is 2. The Morgan fingerprint density at radius 1 is 0.248 bits per heavy atom. The molecule has 0 aromatic heterocycles. The summed E-state index contributed by atoms with van der Waals surface area (Å²) in [6.07, 6.45) is 112. The van der Waals surface area contributed by atoms with E-state index in [-0.39, 0.29) is 19.3 Å². The van der Waals surface area contributed by atoms with E-state index in [0.717, 1.165) is 173 Å². The van der Waals surface area contributed by atoms with Gasteiger partial charge < -0.3 is 34.2 Å². The topological polar surface area (TPSA) is 231 Å². The number of rotatable bonds is 82. The molecule has 0 aliphatic heterocycles. The molecule has 644 valence electrons. The third-order valence-corrected chi connectivity index (χ3v) is 20.0. The predicted molar refractivity (Wildman–Crippen MR) is 472 cm³/mol. The van der Waals surface area contributed by atoms with E-state index in [9.17, 15) is 43.5 Å². The molecule has 18 heteroatoms. The van der Waals surface area contributed by atoms with Crippen molar-refractivity contribution < 1.29 is 75.8 Å². The number of phosphoric acid groups is 2. The van der Waals surface area contributed by atoms with Gasteiger partial charge in [-0.3, -0.25) is 32.5 Å². The number of esters is 3. The van der Waals surface area contributed by atoms with Gasteiger partial charge in [-0.15, -0.1) is 0 Å². The Hall–Kier alpha value is -5.35. The van der Waals surface area contributed by atoms with Gasteiger partial charge in [0, 0.05) is 19.3 Å². The maximum atomic E-state index is 13.0. The highest BCUT2D eigenvalue weighted by molar-refractivity contribution is 7.47. The molecule has 0 aromatic rings. The van der Waals surface area contributed by atoms with Crippen molar-refractivity contribution in [1.82, 2.24) is 0 Å². The minimum atomic E-state index is -4.95. The molecule has 0 amide bonds. The fourth-order valence-corrected chi connectivity index (χ4v) is 13.1. The minimum absolute atomic E-state index is 0.0701. The molecular formula is C95H158O16P2. The Morgan fingerprint density at radius 3 is 0.699 bits per heavy atom. The second kappa shape index (κ2) is 86.0. The maximum Gasteiger partial charge on any atom is 0.472 e. The first-order chi connectivity index (χ1) is 55.2. The van der Waals surface area contributed by atoms with E-state index in [4.69, 9.17) is 32.3 Å². The molecule has 0 saturated heterocycles. The average molecular weight is 1620 g/mol. The zero-order valence-electron chi connectivity index (χ0n) is 70.7. The van der Waals surface area contributed by atoms with Crippen LogP contribution < -0.4 is 0 Å². The van der Waals surface area contributed by atoms with E-state index in [1.807, 2.05) is 0 Å². The van der Waals surface area contributed by atoms with E-state index in [0.29, 0.717) is 19.3 Å². The first kappa shape index (κ1) is 108. The first-order valence-corrected chi connectivity index (χ1v) is 47.1. The Labute approximate surface area is 687 Å². The number of ether oxygens (including phenoxy) is 3. The van der Waals surface area contributed by atoms with Crippen LogP contribution in [-0.2, 0) is 55.8 Å². The predicted octanol–water partition coefficient (Wildman–Crippen LogP) is 26.9. The third kappa shape index (κ3) is 87.3. The fourth-order valence-electron chi connectivity index (χ4n) is 11.5. The van der Waals surface area contributed by atoms with E-state index in [1.54, 1.807) is 0 Å². The van der Waals surface area contributed by atoms with Crippen molar-refractivity contribution >= 4 is 33.6 Å². The van der Waals surface area contributed by atoms with Crippen molar-refractivity contribution in [2.45, 2.75) is 360 Å². The number of carbonyl (C=O) groups is 3. The molecule has 113 heavy (non-hydrogen) atoms. The van der Waals surface area contributed by atoms with Crippen LogP contribution >= 0.6 is 15.6 Å². The summed E-state index contributed by atoms with van der Waals surface area (Å²) in [7, 11) is -9.82. The smallest absolute Gasteiger partial charge is 0.463 e. The number of unbranched alkanes of at least 4 members (excludes halogenated alkanes) is 29. The Balaban J connectivity index is 4.50. The molecule has 0 aliphatic carbocycles. The minimum Gasteiger partial charge on any atom is -0.463 e. The zero-order chi connectivity index (χ0) is 82.2. The summed E-state index contributed by atoms with van der Waals surface area (Å²) in [5.41, 5.74) is 0. The average Bonchev–Trinajstić information content (AvgIpc) is 0.886. The molecule has 0 fully saturated rings.